The fourth-order valence-electron chi connectivity index (χ4n) is 1.21. The minimum absolute atomic E-state index is 0.162. The molecule has 0 radical (unpaired) electrons. The number of benzene rings is 1. The number of anilines is 1. The second kappa shape index (κ2) is 6.10. The van der Waals surface area contributed by atoms with Crippen molar-refractivity contribution in [2.24, 2.45) is 5.92 Å². The van der Waals surface area contributed by atoms with Crippen LogP contribution in [0.25, 0.3) is 0 Å². The number of carbonyl (C=O) groups is 2. The van der Waals surface area contributed by atoms with Crippen molar-refractivity contribution in [2.45, 2.75) is 5.88 Å². The Balaban J connectivity index is 2.59. The van der Waals surface area contributed by atoms with Gasteiger partial charge in [0.1, 0.15) is 0 Å². The van der Waals surface area contributed by atoms with Crippen molar-refractivity contribution in [1.29, 1.82) is 0 Å². The predicted octanol–water partition coefficient (Wildman–Crippen LogP) is 1.62. The number of halogens is 1. The third kappa shape index (κ3) is 3.96. The number of hydrogen-bond donors (Lipinski definition) is 3. The first-order valence-corrected chi connectivity index (χ1v) is 5.42. The summed E-state index contributed by atoms with van der Waals surface area (Å²) in [5.41, 5.74) is 1.59. The summed E-state index contributed by atoms with van der Waals surface area (Å²) in [7, 11) is 0. The molecular weight excluding hydrogens is 246 g/mol. The molecule has 92 valence electrons. The molecule has 0 aliphatic heterocycles. The molecule has 17 heavy (non-hydrogen) atoms. The first-order chi connectivity index (χ1) is 8.04. The van der Waals surface area contributed by atoms with Gasteiger partial charge in [0.25, 0.3) is 0 Å². The predicted molar refractivity (Wildman–Crippen MR) is 63.3 cm³/mol. The fourth-order valence-corrected chi connectivity index (χ4v) is 1.39. The standard InChI is InChI=1S/C11H12ClNO4/c12-5-7-1-3-8(4-2-7)13-6-9(10(14)15)11(16)17/h1-4,9,13H,5-6H2,(H,14,15)(H,16,17). The molecule has 1 aromatic rings. The average molecular weight is 258 g/mol. The van der Waals surface area contributed by atoms with Crippen LogP contribution in [0, 0.1) is 5.92 Å². The molecule has 6 heteroatoms. The minimum atomic E-state index is -1.46. The largest absolute Gasteiger partial charge is 0.481 e. The van der Waals surface area contributed by atoms with Crippen LogP contribution >= 0.6 is 11.6 Å². The van der Waals surface area contributed by atoms with Crippen LogP contribution in [0.1, 0.15) is 5.56 Å². The van der Waals surface area contributed by atoms with Crippen molar-refractivity contribution in [3.63, 3.8) is 0 Å². The molecule has 0 saturated carbocycles. The van der Waals surface area contributed by atoms with Crippen LogP contribution in [0.4, 0.5) is 5.69 Å². The third-order valence-corrected chi connectivity index (χ3v) is 2.52. The summed E-state index contributed by atoms with van der Waals surface area (Å²) in [4.78, 5) is 21.2. The van der Waals surface area contributed by atoms with E-state index in [0.29, 0.717) is 11.6 Å². The van der Waals surface area contributed by atoms with Crippen LogP contribution in [0.15, 0.2) is 24.3 Å². The van der Waals surface area contributed by atoms with E-state index in [9.17, 15) is 9.59 Å². The van der Waals surface area contributed by atoms with Crippen molar-refractivity contribution in [3.05, 3.63) is 29.8 Å². The fraction of sp³-hybridized carbons (Fsp3) is 0.273. The Morgan fingerprint density at radius 2 is 1.71 bits per heavy atom. The van der Waals surface area contributed by atoms with Crippen molar-refractivity contribution in [3.8, 4) is 0 Å². The molecule has 1 aromatic carbocycles. The zero-order chi connectivity index (χ0) is 12.8. The highest BCUT2D eigenvalue weighted by atomic mass is 35.5. The van der Waals surface area contributed by atoms with E-state index in [1.807, 2.05) is 0 Å². The second-order valence-electron chi connectivity index (χ2n) is 3.44. The van der Waals surface area contributed by atoms with Crippen LogP contribution < -0.4 is 5.32 Å². The monoisotopic (exact) mass is 257 g/mol. The molecule has 0 amide bonds. The maximum absolute atomic E-state index is 10.6. The Kier molecular flexibility index (Phi) is 4.78. The molecule has 0 aromatic heterocycles. The van der Waals surface area contributed by atoms with Crippen LogP contribution in [-0.4, -0.2) is 28.7 Å². The van der Waals surface area contributed by atoms with E-state index in [1.54, 1.807) is 24.3 Å². The molecule has 0 heterocycles. The molecule has 0 aliphatic rings. The molecule has 0 spiro atoms. The van der Waals surface area contributed by atoms with Crippen molar-refractivity contribution in [2.75, 3.05) is 11.9 Å². The Bertz CT molecular complexity index is 390. The molecule has 0 bridgehead atoms. The van der Waals surface area contributed by atoms with Gasteiger partial charge in [0, 0.05) is 18.1 Å². The minimum Gasteiger partial charge on any atom is -0.481 e. The molecule has 0 fully saturated rings. The van der Waals surface area contributed by atoms with E-state index in [1.165, 1.54) is 0 Å². The van der Waals surface area contributed by atoms with Gasteiger partial charge in [0.05, 0.1) is 0 Å². The maximum Gasteiger partial charge on any atom is 0.319 e. The summed E-state index contributed by atoms with van der Waals surface area (Å²) in [6.07, 6.45) is 0. The van der Waals surface area contributed by atoms with Crippen LogP contribution in [0.2, 0.25) is 0 Å². The van der Waals surface area contributed by atoms with E-state index in [2.05, 4.69) is 5.32 Å². The van der Waals surface area contributed by atoms with E-state index in [4.69, 9.17) is 21.8 Å². The maximum atomic E-state index is 10.6. The highest BCUT2D eigenvalue weighted by Crippen LogP contribution is 2.12. The summed E-state index contributed by atoms with van der Waals surface area (Å²) in [6.45, 7) is -0.162. The lowest BCUT2D eigenvalue weighted by atomic mass is 10.1. The van der Waals surface area contributed by atoms with Crippen molar-refractivity contribution < 1.29 is 19.8 Å². The van der Waals surface area contributed by atoms with Crippen LogP contribution in [-0.2, 0) is 15.5 Å². The Morgan fingerprint density at radius 3 is 2.12 bits per heavy atom. The first-order valence-electron chi connectivity index (χ1n) is 4.89. The highest BCUT2D eigenvalue weighted by Gasteiger charge is 2.25. The molecule has 0 atom stereocenters. The normalized spacial score (nSPS) is 10.2. The van der Waals surface area contributed by atoms with Crippen LogP contribution in [0.3, 0.4) is 0 Å². The van der Waals surface area contributed by atoms with Gasteiger partial charge in [-0.1, -0.05) is 12.1 Å². The van der Waals surface area contributed by atoms with Gasteiger partial charge >= 0.3 is 11.9 Å². The lowest BCUT2D eigenvalue weighted by Crippen LogP contribution is -2.30. The number of rotatable bonds is 6. The molecule has 5 nitrogen and oxygen atoms in total. The summed E-state index contributed by atoms with van der Waals surface area (Å²) >= 11 is 5.61. The molecule has 3 N–H and O–H groups in total. The molecule has 0 saturated heterocycles. The Hall–Kier alpha value is -1.75. The third-order valence-electron chi connectivity index (χ3n) is 2.21. The number of aliphatic carboxylic acids is 2. The number of carboxylic acid groups (broad SMARTS) is 2. The lowest BCUT2D eigenvalue weighted by molar-refractivity contribution is -0.153. The molecule has 0 aliphatic carbocycles. The highest BCUT2D eigenvalue weighted by molar-refractivity contribution is 6.17. The van der Waals surface area contributed by atoms with Crippen molar-refractivity contribution in [1.82, 2.24) is 0 Å². The zero-order valence-corrected chi connectivity index (χ0v) is 9.65. The van der Waals surface area contributed by atoms with Gasteiger partial charge in [0.15, 0.2) is 5.92 Å². The molecule has 0 unspecified atom stereocenters. The SMILES string of the molecule is O=C(O)C(CNc1ccc(CCl)cc1)C(=O)O. The summed E-state index contributed by atoms with van der Waals surface area (Å²) in [5, 5.41) is 20.1. The van der Waals surface area contributed by atoms with Crippen molar-refractivity contribution >= 4 is 29.2 Å². The van der Waals surface area contributed by atoms with E-state index >= 15 is 0 Å². The van der Waals surface area contributed by atoms with Gasteiger partial charge in [-0.3, -0.25) is 9.59 Å². The zero-order valence-electron chi connectivity index (χ0n) is 8.89. The van der Waals surface area contributed by atoms with E-state index in [-0.39, 0.29) is 6.54 Å². The second-order valence-corrected chi connectivity index (χ2v) is 3.71. The number of hydrogen-bond acceptors (Lipinski definition) is 3. The van der Waals surface area contributed by atoms with Gasteiger partial charge in [-0.15, -0.1) is 11.6 Å². The number of alkyl halides is 1. The van der Waals surface area contributed by atoms with Gasteiger partial charge < -0.3 is 15.5 Å². The summed E-state index contributed by atoms with van der Waals surface area (Å²) < 4.78 is 0. The Labute approximate surface area is 103 Å². The Morgan fingerprint density at radius 1 is 1.18 bits per heavy atom. The lowest BCUT2D eigenvalue weighted by Gasteiger charge is -2.10. The molecular formula is C11H12ClNO4. The smallest absolute Gasteiger partial charge is 0.319 e. The van der Waals surface area contributed by atoms with Crippen LogP contribution in [0.5, 0.6) is 0 Å². The van der Waals surface area contributed by atoms with Gasteiger partial charge in [0.2, 0.25) is 0 Å². The quantitative estimate of drug-likeness (QED) is 0.533. The summed E-state index contributed by atoms with van der Waals surface area (Å²) in [5.74, 6) is -3.78. The number of nitrogens with one attached hydrogen (secondary N) is 1. The average Bonchev–Trinajstić information content (AvgIpc) is 2.29. The van der Waals surface area contributed by atoms with E-state index < -0.39 is 17.9 Å². The van der Waals surface area contributed by atoms with Gasteiger partial charge in [-0.25, -0.2) is 0 Å². The number of carboxylic acids is 2. The van der Waals surface area contributed by atoms with Gasteiger partial charge in [-0.05, 0) is 17.7 Å². The van der Waals surface area contributed by atoms with Gasteiger partial charge in [-0.2, -0.15) is 0 Å². The summed E-state index contributed by atoms with van der Waals surface area (Å²) in [6, 6.07) is 7.01. The van der Waals surface area contributed by atoms with E-state index in [0.717, 1.165) is 5.56 Å². The topological polar surface area (TPSA) is 86.6 Å². The first kappa shape index (κ1) is 13.3. The molecule has 1 rings (SSSR count).